The van der Waals surface area contributed by atoms with Crippen LogP contribution in [0, 0.1) is 0 Å². The van der Waals surface area contributed by atoms with Gasteiger partial charge in [0.05, 0.1) is 5.52 Å². The average Bonchev–Trinajstić information content (AvgIpc) is 3.23. The number of imidazole rings is 1. The molecule has 28 heavy (non-hydrogen) atoms. The highest BCUT2D eigenvalue weighted by atomic mass is 15.3. The van der Waals surface area contributed by atoms with Crippen molar-refractivity contribution in [2.24, 2.45) is 0 Å². The Kier molecular flexibility index (Phi) is 4.51. The number of piperazine rings is 1. The summed E-state index contributed by atoms with van der Waals surface area (Å²) in [6, 6.07) is 22.9. The van der Waals surface area contributed by atoms with Gasteiger partial charge in [-0.25, -0.2) is 9.97 Å². The van der Waals surface area contributed by atoms with E-state index in [1.165, 1.54) is 5.39 Å². The summed E-state index contributed by atoms with van der Waals surface area (Å²) in [4.78, 5) is 17.7. The molecule has 140 valence electrons. The van der Waals surface area contributed by atoms with E-state index in [0.29, 0.717) is 0 Å². The van der Waals surface area contributed by atoms with Crippen LogP contribution in [0.1, 0.15) is 5.69 Å². The zero-order chi connectivity index (χ0) is 18.8. The van der Waals surface area contributed by atoms with Crippen molar-refractivity contribution < 1.29 is 0 Å². The summed E-state index contributed by atoms with van der Waals surface area (Å²) < 4.78 is 0. The van der Waals surface area contributed by atoms with Gasteiger partial charge in [-0.3, -0.25) is 4.90 Å². The van der Waals surface area contributed by atoms with Gasteiger partial charge in [0.15, 0.2) is 0 Å². The van der Waals surface area contributed by atoms with E-state index in [0.717, 1.165) is 61.1 Å². The summed E-state index contributed by atoms with van der Waals surface area (Å²) in [5, 5.41) is 1.19. The summed E-state index contributed by atoms with van der Waals surface area (Å²) in [5.41, 5.74) is 3.35. The first-order valence-corrected chi connectivity index (χ1v) is 9.77. The first kappa shape index (κ1) is 17.0. The van der Waals surface area contributed by atoms with Crippen molar-refractivity contribution in [2.75, 3.05) is 31.1 Å². The number of H-pyrrole nitrogens is 1. The van der Waals surface area contributed by atoms with E-state index in [2.05, 4.69) is 62.2 Å². The predicted octanol–water partition coefficient (Wildman–Crippen LogP) is 3.95. The van der Waals surface area contributed by atoms with Gasteiger partial charge in [0, 0.05) is 55.6 Å². The molecule has 1 aliphatic rings. The number of aromatic nitrogens is 3. The number of rotatable bonds is 4. The molecule has 0 spiro atoms. The molecule has 0 amide bonds. The summed E-state index contributed by atoms with van der Waals surface area (Å²) >= 11 is 0. The second kappa shape index (κ2) is 7.44. The molecule has 0 radical (unpaired) electrons. The summed E-state index contributed by atoms with van der Waals surface area (Å²) in [5.74, 6) is 2.01. The van der Waals surface area contributed by atoms with Crippen LogP contribution in [-0.4, -0.2) is 46.0 Å². The number of benzene rings is 2. The molecule has 3 heterocycles. The van der Waals surface area contributed by atoms with Gasteiger partial charge in [0.25, 0.3) is 0 Å². The molecule has 0 aliphatic carbocycles. The average molecular weight is 369 g/mol. The van der Waals surface area contributed by atoms with Crippen molar-refractivity contribution in [2.45, 2.75) is 6.54 Å². The SMILES string of the molecule is c1ccc(-c2ncc(CN3CCN(c4ccc5ccccc5n4)CC3)[nH]2)cc1. The molecule has 0 bridgehead atoms. The Hall–Kier alpha value is -3.18. The Morgan fingerprint density at radius 2 is 1.61 bits per heavy atom. The van der Waals surface area contributed by atoms with Crippen LogP contribution in [0.5, 0.6) is 0 Å². The Morgan fingerprint density at radius 3 is 2.46 bits per heavy atom. The van der Waals surface area contributed by atoms with E-state index in [4.69, 9.17) is 4.98 Å². The number of para-hydroxylation sites is 1. The number of anilines is 1. The second-order valence-electron chi connectivity index (χ2n) is 7.25. The maximum atomic E-state index is 4.84. The number of nitrogens with zero attached hydrogens (tertiary/aromatic N) is 4. The number of nitrogens with one attached hydrogen (secondary N) is 1. The van der Waals surface area contributed by atoms with Crippen molar-refractivity contribution in [3.63, 3.8) is 0 Å². The number of hydrogen-bond acceptors (Lipinski definition) is 4. The zero-order valence-corrected chi connectivity index (χ0v) is 15.8. The van der Waals surface area contributed by atoms with Crippen LogP contribution in [0.15, 0.2) is 72.9 Å². The minimum Gasteiger partial charge on any atom is -0.354 e. The molecule has 2 aromatic carbocycles. The summed E-state index contributed by atoms with van der Waals surface area (Å²) in [7, 11) is 0. The summed E-state index contributed by atoms with van der Waals surface area (Å²) in [6.45, 7) is 4.93. The van der Waals surface area contributed by atoms with Gasteiger partial charge in [-0.05, 0) is 18.2 Å². The van der Waals surface area contributed by atoms with Gasteiger partial charge >= 0.3 is 0 Å². The molecular weight excluding hydrogens is 346 g/mol. The normalized spacial score (nSPS) is 15.2. The Balaban J connectivity index is 1.22. The first-order valence-electron chi connectivity index (χ1n) is 9.77. The molecule has 1 aliphatic heterocycles. The molecule has 5 nitrogen and oxygen atoms in total. The van der Waals surface area contributed by atoms with Crippen molar-refractivity contribution in [1.29, 1.82) is 0 Å². The maximum absolute atomic E-state index is 4.84. The lowest BCUT2D eigenvalue weighted by Gasteiger charge is -2.35. The van der Waals surface area contributed by atoms with Gasteiger partial charge in [-0.2, -0.15) is 0 Å². The van der Waals surface area contributed by atoms with Crippen LogP contribution in [-0.2, 0) is 6.54 Å². The molecule has 1 N–H and O–H groups in total. The molecular formula is C23H23N5. The van der Waals surface area contributed by atoms with E-state index in [9.17, 15) is 0 Å². The van der Waals surface area contributed by atoms with E-state index < -0.39 is 0 Å². The molecule has 1 fully saturated rings. The van der Waals surface area contributed by atoms with Crippen LogP contribution in [0.25, 0.3) is 22.3 Å². The number of aromatic amines is 1. The minimum absolute atomic E-state index is 0.902. The number of hydrogen-bond donors (Lipinski definition) is 1. The van der Waals surface area contributed by atoms with Crippen LogP contribution in [0.2, 0.25) is 0 Å². The molecule has 0 atom stereocenters. The van der Waals surface area contributed by atoms with E-state index >= 15 is 0 Å². The predicted molar refractivity (Wildman–Crippen MR) is 113 cm³/mol. The third-order valence-electron chi connectivity index (χ3n) is 5.35. The van der Waals surface area contributed by atoms with Gasteiger partial charge in [0.1, 0.15) is 11.6 Å². The van der Waals surface area contributed by atoms with Gasteiger partial charge in [0.2, 0.25) is 0 Å². The fourth-order valence-corrected chi connectivity index (χ4v) is 3.79. The zero-order valence-electron chi connectivity index (χ0n) is 15.8. The van der Waals surface area contributed by atoms with Crippen molar-refractivity contribution in [3.05, 3.63) is 78.6 Å². The molecule has 2 aromatic heterocycles. The second-order valence-corrected chi connectivity index (χ2v) is 7.25. The highest BCUT2D eigenvalue weighted by Gasteiger charge is 2.19. The lowest BCUT2D eigenvalue weighted by Crippen LogP contribution is -2.46. The largest absolute Gasteiger partial charge is 0.354 e. The Morgan fingerprint density at radius 1 is 0.821 bits per heavy atom. The van der Waals surface area contributed by atoms with Crippen molar-refractivity contribution in [3.8, 4) is 11.4 Å². The maximum Gasteiger partial charge on any atom is 0.137 e. The van der Waals surface area contributed by atoms with Crippen molar-refractivity contribution in [1.82, 2.24) is 19.9 Å². The van der Waals surface area contributed by atoms with Crippen molar-refractivity contribution >= 4 is 16.7 Å². The molecule has 5 rings (SSSR count). The fraction of sp³-hybridized carbons (Fsp3) is 0.217. The Labute approximate surface area is 164 Å². The van der Waals surface area contributed by atoms with Crippen LogP contribution >= 0.6 is 0 Å². The van der Waals surface area contributed by atoms with E-state index in [1.54, 1.807) is 0 Å². The fourth-order valence-electron chi connectivity index (χ4n) is 3.79. The third-order valence-corrected chi connectivity index (χ3v) is 5.35. The molecule has 1 saturated heterocycles. The monoisotopic (exact) mass is 369 g/mol. The topological polar surface area (TPSA) is 48.1 Å². The quantitative estimate of drug-likeness (QED) is 0.592. The van der Waals surface area contributed by atoms with Gasteiger partial charge in [-0.1, -0.05) is 48.5 Å². The number of fused-ring (bicyclic) bond motifs is 1. The highest BCUT2D eigenvalue weighted by molar-refractivity contribution is 5.80. The molecule has 0 unspecified atom stereocenters. The van der Waals surface area contributed by atoms with E-state index in [1.807, 2.05) is 30.5 Å². The van der Waals surface area contributed by atoms with E-state index in [-0.39, 0.29) is 0 Å². The van der Waals surface area contributed by atoms with Gasteiger partial charge < -0.3 is 9.88 Å². The molecule has 0 saturated carbocycles. The third kappa shape index (κ3) is 3.49. The highest BCUT2D eigenvalue weighted by Crippen LogP contribution is 2.20. The van der Waals surface area contributed by atoms with Gasteiger partial charge in [-0.15, -0.1) is 0 Å². The smallest absolute Gasteiger partial charge is 0.137 e. The molecule has 4 aromatic rings. The Bertz CT molecular complexity index is 1060. The van der Waals surface area contributed by atoms with Crippen LogP contribution < -0.4 is 4.90 Å². The minimum atomic E-state index is 0.902. The standard InChI is InChI=1S/C23H23N5/c1-2-7-19(8-3-1)23-24-16-20(25-23)17-27-12-14-28(15-13-27)22-11-10-18-6-4-5-9-21(18)26-22/h1-11,16H,12-15,17H2,(H,24,25). The lowest BCUT2D eigenvalue weighted by atomic mass is 10.2. The molecule has 5 heteroatoms. The van der Waals surface area contributed by atoms with Crippen LogP contribution in [0.3, 0.4) is 0 Å². The first-order chi connectivity index (χ1) is 13.8. The lowest BCUT2D eigenvalue weighted by molar-refractivity contribution is 0.247. The van der Waals surface area contributed by atoms with Crippen LogP contribution in [0.4, 0.5) is 5.82 Å². The number of pyridine rings is 1. The summed E-state index contributed by atoms with van der Waals surface area (Å²) in [6.07, 6.45) is 1.96.